The molecule has 0 bridgehead atoms. The molecule has 0 saturated heterocycles. The summed E-state index contributed by atoms with van der Waals surface area (Å²) in [6.45, 7) is 21.8. The van der Waals surface area contributed by atoms with Crippen molar-refractivity contribution < 1.29 is 10.2 Å². The van der Waals surface area contributed by atoms with E-state index in [1.807, 2.05) is 0 Å². The molecular formula is C30H50O2. The largest absolute Gasteiger partial charge is 0.393 e. The molecule has 2 nitrogen and oxygen atoms in total. The van der Waals surface area contributed by atoms with Gasteiger partial charge in [0.15, 0.2) is 0 Å². The monoisotopic (exact) mass is 442 g/mol. The van der Waals surface area contributed by atoms with Crippen LogP contribution >= 0.6 is 0 Å². The average Bonchev–Trinajstić information content (AvgIpc) is 2.70. The molecule has 2 N–H and O–H groups in total. The molecule has 32 heavy (non-hydrogen) atoms. The second-order valence-electron chi connectivity index (χ2n) is 14.7. The second kappa shape index (κ2) is 6.87. The van der Waals surface area contributed by atoms with E-state index < -0.39 is 0 Å². The molecule has 0 radical (unpaired) electrons. The van der Waals surface area contributed by atoms with Gasteiger partial charge in [-0.05, 0) is 114 Å². The lowest BCUT2D eigenvalue weighted by Gasteiger charge is -2.74. The molecule has 5 saturated carbocycles. The van der Waals surface area contributed by atoms with Gasteiger partial charge in [0.05, 0.1) is 12.2 Å². The van der Waals surface area contributed by atoms with Crippen molar-refractivity contribution in [3.05, 3.63) is 12.2 Å². The van der Waals surface area contributed by atoms with Crippen LogP contribution in [0.2, 0.25) is 0 Å². The molecule has 0 unspecified atom stereocenters. The summed E-state index contributed by atoms with van der Waals surface area (Å²) in [5.74, 6) is 3.06. The van der Waals surface area contributed by atoms with Gasteiger partial charge in [-0.1, -0.05) is 60.6 Å². The Morgan fingerprint density at radius 2 is 1.44 bits per heavy atom. The highest BCUT2D eigenvalue weighted by molar-refractivity contribution is 5.22. The number of aliphatic hydroxyl groups excluding tert-OH is 2. The molecule has 2 heteroatoms. The zero-order valence-corrected chi connectivity index (χ0v) is 22.0. The first-order chi connectivity index (χ1) is 14.7. The molecule has 5 aliphatic carbocycles. The minimum absolute atomic E-state index is 0.00631. The number of allylic oxidation sites excluding steroid dienone is 1. The van der Waals surface area contributed by atoms with E-state index in [2.05, 4.69) is 55.0 Å². The predicted octanol–water partition coefficient (Wildman–Crippen LogP) is 7.00. The first-order valence-electron chi connectivity index (χ1n) is 13.8. The molecule has 0 amide bonds. The Balaban J connectivity index is 1.57. The highest BCUT2D eigenvalue weighted by Gasteiger charge is 2.71. The molecule has 0 heterocycles. The molecule has 5 rings (SSSR count). The maximum atomic E-state index is 11.7. The third-order valence-electron chi connectivity index (χ3n) is 13.7. The Morgan fingerprint density at radius 3 is 2.12 bits per heavy atom. The van der Waals surface area contributed by atoms with E-state index in [0.29, 0.717) is 35.0 Å². The average molecular weight is 443 g/mol. The summed E-state index contributed by atoms with van der Waals surface area (Å²) in [6, 6.07) is 0. The number of rotatable bonds is 0. The van der Waals surface area contributed by atoms with Gasteiger partial charge in [-0.25, -0.2) is 0 Å². The van der Waals surface area contributed by atoms with Crippen LogP contribution in [-0.2, 0) is 0 Å². The van der Waals surface area contributed by atoms with Crippen molar-refractivity contribution in [3.63, 3.8) is 0 Å². The van der Waals surface area contributed by atoms with Gasteiger partial charge in [-0.15, -0.1) is 0 Å². The van der Waals surface area contributed by atoms with Gasteiger partial charge in [0, 0.05) is 0 Å². The van der Waals surface area contributed by atoms with E-state index in [9.17, 15) is 10.2 Å². The van der Waals surface area contributed by atoms with Crippen molar-refractivity contribution in [2.45, 2.75) is 118 Å². The molecule has 11 atom stereocenters. The first-order valence-corrected chi connectivity index (χ1v) is 13.8. The van der Waals surface area contributed by atoms with Crippen LogP contribution in [0.3, 0.4) is 0 Å². The number of hydrogen-bond donors (Lipinski definition) is 2. The maximum absolute atomic E-state index is 11.7. The van der Waals surface area contributed by atoms with Gasteiger partial charge in [0.1, 0.15) is 0 Å². The van der Waals surface area contributed by atoms with E-state index >= 15 is 0 Å². The molecule has 5 aliphatic rings. The summed E-state index contributed by atoms with van der Waals surface area (Å²) in [4.78, 5) is 0. The van der Waals surface area contributed by atoms with Gasteiger partial charge in [-0.2, -0.15) is 0 Å². The van der Waals surface area contributed by atoms with Crippen LogP contribution in [0.15, 0.2) is 12.2 Å². The van der Waals surface area contributed by atoms with E-state index in [4.69, 9.17) is 0 Å². The summed E-state index contributed by atoms with van der Waals surface area (Å²) < 4.78 is 0. The van der Waals surface area contributed by atoms with Crippen LogP contribution in [0.4, 0.5) is 0 Å². The predicted molar refractivity (Wildman–Crippen MR) is 132 cm³/mol. The van der Waals surface area contributed by atoms with E-state index in [1.54, 1.807) is 0 Å². The molecule has 5 fully saturated rings. The first kappa shape index (κ1) is 23.4. The summed E-state index contributed by atoms with van der Waals surface area (Å²) in [5, 5.41) is 22.6. The van der Waals surface area contributed by atoms with Crippen molar-refractivity contribution in [1.29, 1.82) is 0 Å². The topological polar surface area (TPSA) is 40.5 Å². The van der Waals surface area contributed by atoms with Crippen molar-refractivity contribution in [2.75, 3.05) is 0 Å². The third kappa shape index (κ3) is 2.61. The number of hydrogen-bond acceptors (Lipinski definition) is 2. The van der Waals surface area contributed by atoms with Gasteiger partial charge in [0.25, 0.3) is 0 Å². The lowest BCUT2D eigenvalue weighted by Crippen LogP contribution is -2.69. The molecule has 0 aromatic carbocycles. The van der Waals surface area contributed by atoms with Gasteiger partial charge >= 0.3 is 0 Å². The maximum Gasteiger partial charge on any atom is 0.0602 e. The quantitative estimate of drug-likeness (QED) is 0.397. The van der Waals surface area contributed by atoms with Crippen molar-refractivity contribution in [3.8, 4) is 0 Å². The Hall–Kier alpha value is -0.340. The van der Waals surface area contributed by atoms with Gasteiger partial charge in [-0.3, -0.25) is 0 Å². The fraction of sp³-hybridized carbons (Fsp3) is 0.933. The summed E-state index contributed by atoms with van der Waals surface area (Å²) >= 11 is 0. The fourth-order valence-corrected chi connectivity index (χ4v) is 11.4. The summed E-state index contributed by atoms with van der Waals surface area (Å²) in [7, 11) is 0. The van der Waals surface area contributed by atoms with E-state index in [0.717, 1.165) is 25.7 Å². The Kier molecular flexibility index (Phi) is 5.02. The molecular weight excluding hydrogens is 392 g/mol. The standard InChI is InChI=1S/C30H50O2/c1-18-11-14-28(6)24(32)17-30(8)20(25(28)19(18)2)9-10-22-27(5)15-13-23(31)26(3,4)21(27)12-16-29(22,30)7/h19-25,31-32H,1,9-17H2,2-8H3/t19-,20-,21+,22-,23+,24+,25+,27+,28-,29-,30-/m1/s1. The smallest absolute Gasteiger partial charge is 0.0602 e. The minimum Gasteiger partial charge on any atom is -0.393 e. The van der Waals surface area contributed by atoms with Crippen molar-refractivity contribution in [1.82, 2.24) is 0 Å². The number of fused-ring (bicyclic) bond motifs is 7. The lowest BCUT2D eigenvalue weighted by atomic mass is 9.31. The van der Waals surface area contributed by atoms with Crippen molar-refractivity contribution >= 4 is 0 Å². The van der Waals surface area contributed by atoms with Crippen LogP contribution in [-0.4, -0.2) is 22.4 Å². The lowest BCUT2D eigenvalue weighted by molar-refractivity contribution is -0.269. The Bertz CT molecular complexity index is 801. The van der Waals surface area contributed by atoms with Crippen LogP contribution < -0.4 is 0 Å². The van der Waals surface area contributed by atoms with E-state index in [1.165, 1.54) is 37.7 Å². The Morgan fingerprint density at radius 1 is 0.750 bits per heavy atom. The van der Waals surface area contributed by atoms with Crippen LogP contribution in [0, 0.1) is 56.7 Å². The van der Waals surface area contributed by atoms with E-state index in [-0.39, 0.29) is 33.9 Å². The zero-order chi connectivity index (χ0) is 23.5. The highest BCUT2D eigenvalue weighted by Crippen LogP contribution is 2.76. The second-order valence-corrected chi connectivity index (χ2v) is 14.7. The van der Waals surface area contributed by atoms with Crippen LogP contribution in [0.25, 0.3) is 0 Å². The summed E-state index contributed by atoms with van der Waals surface area (Å²) in [5.41, 5.74) is 2.23. The van der Waals surface area contributed by atoms with Crippen molar-refractivity contribution in [2.24, 2.45) is 56.7 Å². The highest BCUT2D eigenvalue weighted by atomic mass is 16.3. The molecule has 0 aromatic heterocycles. The van der Waals surface area contributed by atoms with Gasteiger partial charge in [0.2, 0.25) is 0 Å². The molecule has 0 aromatic rings. The van der Waals surface area contributed by atoms with Crippen LogP contribution in [0.1, 0.15) is 106 Å². The number of aliphatic hydroxyl groups is 2. The molecule has 0 aliphatic heterocycles. The minimum atomic E-state index is -0.199. The Labute approximate surface area is 197 Å². The van der Waals surface area contributed by atoms with Crippen LogP contribution in [0.5, 0.6) is 0 Å². The zero-order valence-electron chi connectivity index (χ0n) is 22.0. The molecule has 0 spiro atoms. The normalized spacial score (nSPS) is 59.4. The fourth-order valence-electron chi connectivity index (χ4n) is 11.4. The molecule has 182 valence electrons. The SMILES string of the molecule is C=C1CC[C@@]2(C)[C@@H]([C@@H]1C)[C@H]1CC[C@@H]3[C@@]4(C)CC[C@H](O)C(C)(C)[C@@H]4CC[C@@]3(C)[C@]1(C)C[C@@H]2O. The van der Waals surface area contributed by atoms with Gasteiger partial charge < -0.3 is 10.2 Å². The third-order valence-corrected chi connectivity index (χ3v) is 13.7. The summed E-state index contributed by atoms with van der Waals surface area (Å²) in [6.07, 6.45) is 10.1.